The first-order valence-electron chi connectivity index (χ1n) is 11.6. The number of hydrogen-bond acceptors (Lipinski definition) is 2. The summed E-state index contributed by atoms with van der Waals surface area (Å²) in [6.07, 6.45) is 1.20. The number of nitrogens with one attached hydrogen (secondary N) is 1. The van der Waals surface area contributed by atoms with Crippen LogP contribution in [0, 0.1) is 0 Å². The van der Waals surface area contributed by atoms with Crippen LogP contribution in [0.2, 0.25) is 15.1 Å². The van der Waals surface area contributed by atoms with E-state index in [1.165, 1.54) is 0 Å². The van der Waals surface area contributed by atoms with Crippen LogP contribution < -0.4 is 5.32 Å². The van der Waals surface area contributed by atoms with Crippen molar-refractivity contribution in [1.82, 2.24) is 10.2 Å². The van der Waals surface area contributed by atoms with Crippen LogP contribution >= 0.6 is 34.8 Å². The van der Waals surface area contributed by atoms with Crippen LogP contribution in [0.4, 0.5) is 0 Å². The number of carbonyl (C=O) groups is 2. The van der Waals surface area contributed by atoms with E-state index in [4.69, 9.17) is 34.8 Å². The van der Waals surface area contributed by atoms with Crippen molar-refractivity contribution < 1.29 is 9.59 Å². The van der Waals surface area contributed by atoms with Gasteiger partial charge in [0.25, 0.3) is 0 Å². The predicted molar refractivity (Wildman–Crippen MR) is 144 cm³/mol. The van der Waals surface area contributed by atoms with E-state index >= 15 is 0 Å². The second-order valence-electron chi connectivity index (χ2n) is 8.55. The fourth-order valence-corrected chi connectivity index (χ4v) is 4.41. The summed E-state index contributed by atoms with van der Waals surface area (Å²) in [4.78, 5) is 28.9. The highest BCUT2D eigenvalue weighted by Gasteiger charge is 2.31. The quantitative estimate of drug-likeness (QED) is 0.315. The van der Waals surface area contributed by atoms with E-state index in [1.54, 1.807) is 29.2 Å². The molecule has 184 valence electrons. The van der Waals surface area contributed by atoms with Crippen molar-refractivity contribution in [2.24, 2.45) is 0 Å². The molecule has 0 heterocycles. The molecular formula is C28H29Cl3N2O2. The normalized spacial score (nSPS) is 12.6. The van der Waals surface area contributed by atoms with E-state index < -0.39 is 6.04 Å². The maximum Gasteiger partial charge on any atom is 0.243 e. The van der Waals surface area contributed by atoms with Crippen LogP contribution in [0.15, 0.2) is 72.8 Å². The van der Waals surface area contributed by atoms with Gasteiger partial charge < -0.3 is 10.2 Å². The molecule has 0 aliphatic heterocycles. The van der Waals surface area contributed by atoms with Crippen LogP contribution in [0.1, 0.15) is 37.0 Å². The van der Waals surface area contributed by atoms with Crippen LogP contribution in [0.25, 0.3) is 0 Å². The van der Waals surface area contributed by atoms with Crippen molar-refractivity contribution in [3.8, 4) is 0 Å². The van der Waals surface area contributed by atoms with Gasteiger partial charge in [0.15, 0.2) is 0 Å². The molecule has 0 aliphatic rings. The highest BCUT2D eigenvalue weighted by Crippen LogP contribution is 2.25. The van der Waals surface area contributed by atoms with Gasteiger partial charge in [0, 0.05) is 34.1 Å². The van der Waals surface area contributed by atoms with Gasteiger partial charge in [0.05, 0.1) is 6.42 Å². The van der Waals surface area contributed by atoms with Gasteiger partial charge in [-0.25, -0.2) is 0 Å². The Labute approximate surface area is 222 Å². The number of amides is 2. The zero-order chi connectivity index (χ0) is 25.4. The Balaban J connectivity index is 2.01. The van der Waals surface area contributed by atoms with Gasteiger partial charge in [-0.2, -0.15) is 0 Å². The van der Waals surface area contributed by atoms with Crippen LogP contribution in [0.5, 0.6) is 0 Å². The molecule has 3 aromatic carbocycles. The Hall–Kier alpha value is -2.53. The van der Waals surface area contributed by atoms with Crippen molar-refractivity contribution in [2.45, 2.75) is 51.7 Å². The fourth-order valence-electron chi connectivity index (χ4n) is 3.73. The Morgan fingerprint density at radius 2 is 1.57 bits per heavy atom. The fraction of sp³-hybridized carbons (Fsp3) is 0.286. The third-order valence-corrected chi connectivity index (χ3v) is 6.88. The van der Waals surface area contributed by atoms with Crippen molar-refractivity contribution in [1.29, 1.82) is 0 Å². The minimum absolute atomic E-state index is 0.0274. The molecule has 0 spiro atoms. The summed E-state index contributed by atoms with van der Waals surface area (Å²) >= 11 is 18.9. The van der Waals surface area contributed by atoms with Gasteiger partial charge in [-0.15, -0.1) is 0 Å². The molecule has 3 rings (SSSR count). The number of rotatable bonds is 10. The van der Waals surface area contributed by atoms with Gasteiger partial charge in [0.2, 0.25) is 11.8 Å². The van der Waals surface area contributed by atoms with Gasteiger partial charge in [-0.05, 0) is 48.2 Å². The van der Waals surface area contributed by atoms with Crippen molar-refractivity contribution >= 4 is 46.6 Å². The Morgan fingerprint density at radius 1 is 0.886 bits per heavy atom. The molecule has 0 aromatic heterocycles. The van der Waals surface area contributed by atoms with E-state index in [0.29, 0.717) is 32.6 Å². The van der Waals surface area contributed by atoms with E-state index in [0.717, 1.165) is 12.0 Å². The molecule has 35 heavy (non-hydrogen) atoms. The molecule has 0 aliphatic carbocycles. The number of halogens is 3. The minimum atomic E-state index is -0.742. The van der Waals surface area contributed by atoms with E-state index in [2.05, 4.69) is 5.32 Å². The van der Waals surface area contributed by atoms with Crippen LogP contribution in [0.3, 0.4) is 0 Å². The molecule has 7 heteroatoms. The summed E-state index contributed by atoms with van der Waals surface area (Å²) in [5, 5.41) is 4.51. The monoisotopic (exact) mass is 530 g/mol. The zero-order valence-electron chi connectivity index (χ0n) is 19.8. The third kappa shape index (κ3) is 7.73. The Bertz CT molecular complexity index is 1150. The first kappa shape index (κ1) is 27.1. The van der Waals surface area contributed by atoms with E-state index in [9.17, 15) is 9.59 Å². The molecule has 0 unspecified atom stereocenters. The molecule has 0 saturated heterocycles. The molecule has 3 aromatic rings. The summed E-state index contributed by atoms with van der Waals surface area (Å²) in [5.41, 5.74) is 2.36. The lowest BCUT2D eigenvalue weighted by Gasteiger charge is -2.32. The summed E-state index contributed by atoms with van der Waals surface area (Å²) < 4.78 is 0. The number of hydrogen-bond donors (Lipinski definition) is 1. The van der Waals surface area contributed by atoms with Gasteiger partial charge in [0.1, 0.15) is 6.04 Å². The predicted octanol–water partition coefficient (Wildman–Crippen LogP) is 6.74. The lowest BCUT2D eigenvalue weighted by atomic mass is 10.0. The number of carbonyl (C=O) groups excluding carboxylic acids is 2. The van der Waals surface area contributed by atoms with Crippen molar-refractivity contribution in [2.75, 3.05) is 0 Å². The van der Waals surface area contributed by atoms with E-state index in [1.807, 2.05) is 62.4 Å². The number of benzene rings is 3. The summed E-state index contributed by atoms with van der Waals surface area (Å²) in [6.45, 7) is 4.11. The van der Waals surface area contributed by atoms with Crippen molar-refractivity contribution in [3.63, 3.8) is 0 Å². The van der Waals surface area contributed by atoms with Gasteiger partial charge in [-0.3, -0.25) is 9.59 Å². The first-order valence-corrected chi connectivity index (χ1v) is 12.7. The van der Waals surface area contributed by atoms with Gasteiger partial charge >= 0.3 is 0 Å². The maximum absolute atomic E-state index is 13.8. The molecule has 4 nitrogen and oxygen atoms in total. The lowest BCUT2D eigenvalue weighted by molar-refractivity contribution is -0.141. The Morgan fingerprint density at radius 3 is 2.23 bits per heavy atom. The zero-order valence-corrected chi connectivity index (χ0v) is 22.1. The summed E-state index contributed by atoms with van der Waals surface area (Å²) in [6, 6.07) is 21.3. The largest absolute Gasteiger partial charge is 0.352 e. The molecule has 0 fully saturated rings. The lowest BCUT2D eigenvalue weighted by Crippen LogP contribution is -2.52. The molecule has 2 amide bonds. The molecular weight excluding hydrogens is 503 g/mol. The molecule has 1 N–H and O–H groups in total. The second kappa shape index (κ2) is 13.0. The highest BCUT2D eigenvalue weighted by atomic mass is 35.5. The van der Waals surface area contributed by atoms with Crippen LogP contribution in [-0.4, -0.2) is 28.8 Å². The molecule has 0 bridgehead atoms. The second-order valence-corrected chi connectivity index (χ2v) is 9.80. The highest BCUT2D eigenvalue weighted by molar-refractivity contribution is 6.35. The average molecular weight is 532 g/mol. The van der Waals surface area contributed by atoms with Gasteiger partial charge in [-0.1, -0.05) is 96.3 Å². The van der Waals surface area contributed by atoms with Crippen molar-refractivity contribution in [3.05, 3.63) is 105 Å². The maximum atomic E-state index is 13.8. The topological polar surface area (TPSA) is 49.4 Å². The van der Waals surface area contributed by atoms with E-state index in [-0.39, 0.29) is 30.8 Å². The standard InChI is InChI=1S/C28H29Cl3N2O2/c1-3-19(2)32-28(35)26(15-20-9-5-4-6-10-20)33(18-22-13-14-23(29)17-25(22)31)27(34)16-21-11-7-8-12-24(21)30/h4-14,17,19,26H,3,15-16,18H2,1-2H3,(H,32,35)/t19-,26-/m0/s1. The Kier molecular flexibility index (Phi) is 10.0. The first-order chi connectivity index (χ1) is 16.8. The molecule has 0 radical (unpaired) electrons. The number of nitrogens with zero attached hydrogens (tertiary/aromatic N) is 1. The average Bonchev–Trinajstić information content (AvgIpc) is 2.84. The third-order valence-electron chi connectivity index (χ3n) is 5.93. The summed E-state index contributed by atoms with van der Waals surface area (Å²) in [7, 11) is 0. The minimum Gasteiger partial charge on any atom is -0.352 e. The summed E-state index contributed by atoms with van der Waals surface area (Å²) in [5.74, 6) is -0.426. The van der Waals surface area contributed by atoms with Crippen LogP contribution in [-0.2, 0) is 29.0 Å². The SMILES string of the molecule is CC[C@H](C)NC(=O)[C@H](Cc1ccccc1)N(Cc1ccc(Cl)cc1Cl)C(=O)Cc1ccccc1Cl. The molecule has 0 saturated carbocycles. The molecule has 2 atom stereocenters. The smallest absolute Gasteiger partial charge is 0.243 e.